The van der Waals surface area contributed by atoms with Crippen molar-refractivity contribution in [3.05, 3.63) is 69.6 Å². The maximum Gasteiger partial charge on any atom is 0.262 e. The van der Waals surface area contributed by atoms with E-state index >= 15 is 0 Å². The third kappa shape index (κ3) is 4.14. The molecule has 0 atom stereocenters. The van der Waals surface area contributed by atoms with Gasteiger partial charge in [-0.15, -0.1) is 0 Å². The largest absolute Gasteiger partial charge is 0.439 e. The lowest BCUT2D eigenvalue weighted by Gasteiger charge is -2.17. The van der Waals surface area contributed by atoms with Gasteiger partial charge in [0.15, 0.2) is 5.75 Å². The second-order valence-corrected chi connectivity index (χ2v) is 9.58. The van der Waals surface area contributed by atoms with Gasteiger partial charge < -0.3 is 9.64 Å². The standard InChI is InChI=1S/C27H33N2OS/c1-7-12-28-22-14-18(3)20(5)16-24(22)30-26(28)10-9-11-27-29(13-8-2)23-15-19(4)21(6)17-25(23)31-27/h9-11,14-17H,7-8,12-13H2,1-6H3/q+1. The SMILES string of the molecule is CCCN1/C(=C\C=C\c2sc3cc(C)c(C)cc3[n+]2CCC)Oc2cc(C)c(C)cc21. The van der Waals surface area contributed by atoms with Gasteiger partial charge in [0.1, 0.15) is 11.2 Å². The van der Waals surface area contributed by atoms with Crippen LogP contribution in [-0.4, -0.2) is 6.54 Å². The highest BCUT2D eigenvalue weighted by Crippen LogP contribution is 2.40. The Hall–Kier alpha value is -2.59. The summed E-state index contributed by atoms with van der Waals surface area (Å²) >= 11 is 1.86. The van der Waals surface area contributed by atoms with Gasteiger partial charge in [-0.3, -0.25) is 0 Å². The number of benzene rings is 2. The molecule has 0 bridgehead atoms. The van der Waals surface area contributed by atoms with Gasteiger partial charge in [-0.05, 0) is 86.7 Å². The number of aromatic nitrogens is 1. The molecule has 0 spiro atoms. The van der Waals surface area contributed by atoms with Crippen LogP contribution in [0.2, 0.25) is 0 Å². The summed E-state index contributed by atoms with van der Waals surface area (Å²) in [6, 6.07) is 9.05. The Morgan fingerprint density at radius 2 is 1.65 bits per heavy atom. The Balaban J connectivity index is 1.68. The molecule has 1 aliphatic rings. The Labute approximate surface area is 190 Å². The summed E-state index contributed by atoms with van der Waals surface area (Å²) in [4.78, 5) is 2.30. The molecule has 1 aromatic heterocycles. The fraction of sp³-hybridized carbons (Fsp3) is 0.370. The minimum atomic E-state index is 0.910. The lowest BCUT2D eigenvalue weighted by atomic mass is 10.1. The summed E-state index contributed by atoms with van der Waals surface area (Å²) in [5.41, 5.74) is 7.79. The summed E-state index contributed by atoms with van der Waals surface area (Å²) in [7, 11) is 0. The minimum Gasteiger partial charge on any atom is -0.439 e. The van der Waals surface area contributed by atoms with Crippen LogP contribution in [0.3, 0.4) is 0 Å². The molecule has 2 heterocycles. The first kappa shape index (κ1) is 21.6. The van der Waals surface area contributed by atoms with Crippen molar-refractivity contribution < 1.29 is 9.30 Å². The first-order valence-electron chi connectivity index (χ1n) is 11.3. The van der Waals surface area contributed by atoms with Crippen LogP contribution < -0.4 is 14.2 Å². The molecule has 162 valence electrons. The zero-order valence-electron chi connectivity index (χ0n) is 19.6. The monoisotopic (exact) mass is 433 g/mol. The number of nitrogens with zero attached hydrogens (tertiary/aromatic N) is 2. The van der Waals surface area contributed by atoms with Crippen LogP contribution in [0, 0.1) is 27.7 Å². The molecular formula is C27H33N2OS+. The average Bonchev–Trinajstić information content (AvgIpc) is 3.22. The molecule has 0 amide bonds. The third-order valence-corrected chi connectivity index (χ3v) is 7.18. The van der Waals surface area contributed by atoms with Crippen molar-refractivity contribution in [2.45, 2.75) is 60.9 Å². The van der Waals surface area contributed by atoms with E-state index in [2.05, 4.69) is 93.5 Å². The first-order chi connectivity index (χ1) is 14.9. The molecule has 4 heteroatoms. The summed E-state index contributed by atoms with van der Waals surface area (Å²) in [5.74, 6) is 1.87. The van der Waals surface area contributed by atoms with Gasteiger partial charge in [0.05, 0.1) is 5.69 Å². The predicted octanol–water partition coefficient (Wildman–Crippen LogP) is 7.00. The van der Waals surface area contributed by atoms with Gasteiger partial charge in [-0.2, -0.15) is 4.57 Å². The summed E-state index contributed by atoms with van der Waals surface area (Å²) < 4.78 is 10.0. The smallest absolute Gasteiger partial charge is 0.262 e. The zero-order valence-corrected chi connectivity index (χ0v) is 20.4. The van der Waals surface area contributed by atoms with E-state index < -0.39 is 0 Å². The number of anilines is 1. The fourth-order valence-corrected chi connectivity index (χ4v) is 5.26. The molecule has 0 unspecified atom stereocenters. The molecule has 0 N–H and O–H groups in total. The zero-order chi connectivity index (χ0) is 22.1. The molecule has 1 aliphatic heterocycles. The number of ether oxygens (including phenoxy) is 1. The Morgan fingerprint density at radius 3 is 2.39 bits per heavy atom. The maximum atomic E-state index is 6.25. The second-order valence-electron chi connectivity index (χ2n) is 8.52. The Morgan fingerprint density at radius 1 is 0.935 bits per heavy atom. The van der Waals surface area contributed by atoms with Crippen molar-refractivity contribution in [1.29, 1.82) is 0 Å². The number of thiazole rings is 1. The molecule has 3 nitrogen and oxygen atoms in total. The number of hydrogen-bond donors (Lipinski definition) is 0. The highest BCUT2D eigenvalue weighted by Gasteiger charge is 2.26. The molecule has 2 aromatic carbocycles. The molecule has 0 saturated heterocycles. The normalized spacial score (nSPS) is 14.8. The average molecular weight is 434 g/mol. The number of hydrogen-bond acceptors (Lipinski definition) is 3. The van der Waals surface area contributed by atoms with Gasteiger partial charge in [-0.1, -0.05) is 25.2 Å². The lowest BCUT2D eigenvalue weighted by Crippen LogP contribution is -2.34. The van der Waals surface area contributed by atoms with Gasteiger partial charge in [0.2, 0.25) is 11.4 Å². The van der Waals surface area contributed by atoms with Crippen molar-refractivity contribution >= 4 is 33.3 Å². The number of fused-ring (bicyclic) bond motifs is 2. The highest BCUT2D eigenvalue weighted by molar-refractivity contribution is 7.18. The van der Waals surface area contributed by atoms with Crippen LogP contribution in [-0.2, 0) is 6.54 Å². The van der Waals surface area contributed by atoms with E-state index in [4.69, 9.17) is 4.74 Å². The van der Waals surface area contributed by atoms with Gasteiger partial charge >= 0.3 is 0 Å². The predicted molar refractivity (Wildman–Crippen MR) is 133 cm³/mol. The first-order valence-corrected chi connectivity index (χ1v) is 12.1. The third-order valence-electron chi connectivity index (χ3n) is 6.07. The molecule has 31 heavy (non-hydrogen) atoms. The minimum absolute atomic E-state index is 0.910. The van der Waals surface area contributed by atoms with E-state index in [0.29, 0.717) is 0 Å². The van der Waals surface area contributed by atoms with Crippen LogP contribution in [0.25, 0.3) is 16.3 Å². The van der Waals surface area contributed by atoms with Crippen molar-refractivity contribution in [3.8, 4) is 5.75 Å². The molecule has 4 rings (SSSR count). The Bertz CT molecular complexity index is 1190. The van der Waals surface area contributed by atoms with Crippen LogP contribution in [0.1, 0.15) is 54.0 Å². The molecule has 0 aliphatic carbocycles. The molecule has 3 aromatic rings. The van der Waals surface area contributed by atoms with Crippen molar-refractivity contribution in [2.75, 3.05) is 11.4 Å². The molecular weight excluding hydrogens is 400 g/mol. The molecule has 0 saturated carbocycles. The van der Waals surface area contributed by atoms with E-state index in [1.165, 1.54) is 43.2 Å². The van der Waals surface area contributed by atoms with E-state index in [0.717, 1.165) is 37.6 Å². The summed E-state index contributed by atoms with van der Waals surface area (Å²) in [5, 5.41) is 1.28. The quantitative estimate of drug-likeness (QED) is 0.389. The lowest BCUT2D eigenvalue weighted by molar-refractivity contribution is -0.668. The topological polar surface area (TPSA) is 16.4 Å². The van der Waals surface area contributed by atoms with Crippen LogP contribution in [0.5, 0.6) is 5.75 Å². The molecule has 0 radical (unpaired) electrons. The van der Waals surface area contributed by atoms with Crippen molar-refractivity contribution in [3.63, 3.8) is 0 Å². The summed E-state index contributed by atoms with van der Waals surface area (Å²) in [6.07, 6.45) is 8.66. The van der Waals surface area contributed by atoms with Gasteiger partial charge in [0.25, 0.3) is 5.01 Å². The van der Waals surface area contributed by atoms with E-state index in [1.807, 2.05) is 11.3 Å². The second kappa shape index (κ2) is 8.88. The molecule has 0 fully saturated rings. The van der Waals surface area contributed by atoms with E-state index in [9.17, 15) is 0 Å². The van der Waals surface area contributed by atoms with Crippen LogP contribution >= 0.6 is 11.3 Å². The number of allylic oxidation sites excluding steroid dienone is 2. The Kier molecular flexibility index (Phi) is 6.19. The fourth-order valence-electron chi connectivity index (χ4n) is 4.08. The number of rotatable bonds is 6. The number of aryl methyl sites for hydroxylation is 5. The van der Waals surface area contributed by atoms with Crippen LogP contribution in [0.4, 0.5) is 5.69 Å². The maximum absolute atomic E-state index is 6.25. The van der Waals surface area contributed by atoms with Gasteiger partial charge in [0, 0.05) is 25.1 Å². The van der Waals surface area contributed by atoms with Crippen molar-refractivity contribution in [2.24, 2.45) is 0 Å². The summed E-state index contributed by atoms with van der Waals surface area (Å²) in [6.45, 7) is 15.1. The van der Waals surface area contributed by atoms with E-state index in [1.54, 1.807) is 0 Å². The highest BCUT2D eigenvalue weighted by atomic mass is 32.1. The van der Waals surface area contributed by atoms with E-state index in [-0.39, 0.29) is 0 Å². The van der Waals surface area contributed by atoms with Crippen molar-refractivity contribution in [1.82, 2.24) is 0 Å². The van der Waals surface area contributed by atoms with Crippen LogP contribution in [0.15, 0.2) is 42.3 Å². The van der Waals surface area contributed by atoms with Gasteiger partial charge in [-0.25, -0.2) is 0 Å².